The fourth-order valence-electron chi connectivity index (χ4n) is 2.07. The molecule has 120 valence electrons. The van der Waals surface area contributed by atoms with Crippen molar-refractivity contribution in [2.75, 3.05) is 10.6 Å². The molecule has 1 heterocycles. The summed E-state index contributed by atoms with van der Waals surface area (Å²) in [7, 11) is 0. The number of anilines is 3. The Morgan fingerprint density at radius 3 is 2.42 bits per heavy atom. The first-order valence-corrected chi connectivity index (χ1v) is 8.14. The van der Waals surface area contributed by atoms with E-state index >= 15 is 0 Å². The van der Waals surface area contributed by atoms with Gasteiger partial charge in [-0.25, -0.2) is 0 Å². The quantitative estimate of drug-likeness (QED) is 0.694. The largest absolute Gasteiger partial charge is 0.339 e. The lowest BCUT2D eigenvalue weighted by atomic mass is 10.2. The molecule has 0 saturated carbocycles. The molecule has 2 N–H and O–H groups in total. The number of carbonyl (C=O) groups excluding carboxylic acids is 1. The van der Waals surface area contributed by atoms with Crippen molar-refractivity contribution in [2.45, 2.75) is 6.92 Å². The Hall–Kier alpha value is -2.73. The van der Waals surface area contributed by atoms with Crippen molar-refractivity contribution in [1.82, 2.24) is 10.2 Å². The highest BCUT2D eigenvalue weighted by Crippen LogP contribution is 2.19. The summed E-state index contributed by atoms with van der Waals surface area (Å²) in [4.78, 5) is 12.2. The van der Waals surface area contributed by atoms with Crippen LogP contribution in [0.3, 0.4) is 0 Å². The zero-order valence-electron chi connectivity index (χ0n) is 13.0. The van der Waals surface area contributed by atoms with Gasteiger partial charge in [-0.2, -0.15) is 0 Å². The van der Waals surface area contributed by atoms with Crippen molar-refractivity contribution in [1.29, 1.82) is 0 Å². The summed E-state index contributed by atoms with van der Waals surface area (Å²) in [6.45, 7) is 1.99. The number of nitrogens with zero attached hydrogens (tertiary/aromatic N) is 2. The average Bonchev–Trinajstić information content (AvgIpc) is 2.57. The fraction of sp³-hybridized carbons (Fsp3) is 0.0556. The second-order valence-corrected chi connectivity index (χ2v) is 6.17. The van der Waals surface area contributed by atoms with Crippen LogP contribution in [0.15, 0.2) is 65.1 Å². The highest BCUT2D eigenvalue weighted by Gasteiger charge is 2.09. The molecule has 0 atom stereocenters. The highest BCUT2D eigenvalue weighted by atomic mass is 79.9. The smallest absolute Gasteiger partial charge is 0.276 e. The molecule has 1 amide bonds. The lowest BCUT2D eigenvalue weighted by Gasteiger charge is -2.07. The van der Waals surface area contributed by atoms with E-state index in [1.165, 1.54) is 0 Å². The van der Waals surface area contributed by atoms with Crippen molar-refractivity contribution >= 4 is 39.0 Å². The monoisotopic (exact) mass is 382 g/mol. The van der Waals surface area contributed by atoms with Gasteiger partial charge in [-0.1, -0.05) is 39.7 Å². The molecular formula is C18H15BrN4O. The number of aryl methyl sites for hydroxylation is 1. The first-order chi connectivity index (χ1) is 11.6. The lowest BCUT2D eigenvalue weighted by Crippen LogP contribution is -2.14. The molecular weight excluding hydrogens is 368 g/mol. The van der Waals surface area contributed by atoms with Crippen molar-refractivity contribution in [3.63, 3.8) is 0 Å². The summed E-state index contributed by atoms with van der Waals surface area (Å²) >= 11 is 3.41. The lowest BCUT2D eigenvalue weighted by molar-refractivity contribution is 0.102. The van der Waals surface area contributed by atoms with Crippen LogP contribution >= 0.6 is 15.9 Å². The third kappa shape index (κ3) is 4.17. The zero-order valence-corrected chi connectivity index (χ0v) is 14.5. The maximum Gasteiger partial charge on any atom is 0.276 e. The molecule has 0 radical (unpaired) electrons. The van der Waals surface area contributed by atoms with Crippen molar-refractivity contribution in [2.24, 2.45) is 0 Å². The number of aromatic nitrogens is 2. The van der Waals surface area contributed by atoms with Gasteiger partial charge in [0.1, 0.15) is 0 Å². The number of halogens is 1. The van der Waals surface area contributed by atoms with E-state index in [2.05, 4.69) is 36.8 Å². The Kier molecular flexibility index (Phi) is 4.86. The highest BCUT2D eigenvalue weighted by molar-refractivity contribution is 9.10. The SMILES string of the molecule is Cc1ccc(NC(=O)c2ccc(Nc3cccc(Br)c3)nn2)cc1. The molecule has 0 unspecified atom stereocenters. The number of hydrogen-bond acceptors (Lipinski definition) is 4. The predicted molar refractivity (Wildman–Crippen MR) is 98.6 cm³/mol. The van der Waals surface area contributed by atoms with Gasteiger partial charge in [0.2, 0.25) is 0 Å². The molecule has 3 rings (SSSR count). The summed E-state index contributed by atoms with van der Waals surface area (Å²) in [5.74, 6) is 0.278. The van der Waals surface area contributed by atoms with E-state index in [4.69, 9.17) is 0 Å². The molecule has 0 bridgehead atoms. The Morgan fingerprint density at radius 1 is 0.958 bits per heavy atom. The third-order valence-electron chi connectivity index (χ3n) is 3.30. The van der Waals surface area contributed by atoms with Gasteiger partial charge in [-0.3, -0.25) is 4.79 Å². The number of amides is 1. The number of benzene rings is 2. The van der Waals surface area contributed by atoms with Crippen LogP contribution in [-0.2, 0) is 0 Å². The van der Waals surface area contributed by atoms with E-state index in [0.29, 0.717) is 5.82 Å². The fourth-order valence-corrected chi connectivity index (χ4v) is 2.47. The summed E-state index contributed by atoms with van der Waals surface area (Å²) in [6, 6.07) is 18.6. The minimum absolute atomic E-state index is 0.260. The third-order valence-corrected chi connectivity index (χ3v) is 3.80. The summed E-state index contributed by atoms with van der Waals surface area (Å²) < 4.78 is 0.967. The van der Waals surface area contributed by atoms with Crippen LogP contribution in [0.5, 0.6) is 0 Å². The first-order valence-electron chi connectivity index (χ1n) is 7.34. The molecule has 5 nitrogen and oxygen atoms in total. The van der Waals surface area contributed by atoms with Crippen LogP contribution in [-0.4, -0.2) is 16.1 Å². The van der Waals surface area contributed by atoms with Crippen LogP contribution in [0.4, 0.5) is 17.2 Å². The van der Waals surface area contributed by atoms with Crippen LogP contribution in [0.2, 0.25) is 0 Å². The van der Waals surface area contributed by atoms with Crippen molar-refractivity contribution in [3.8, 4) is 0 Å². The topological polar surface area (TPSA) is 66.9 Å². The summed E-state index contributed by atoms with van der Waals surface area (Å²) in [6.07, 6.45) is 0. The predicted octanol–water partition coefficient (Wildman–Crippen LogP) is 4.54. The number of nitrogens with one attached hydrogen (secondary N) is 2. The van der Waals surface area contributed by atoms with Gasteiger partial charge in [0.25, 0.3) is 5.91 Å². The van der Waals surface area contributed by atoms with Gasteiger partial charge >= 0.3 is 0 Å². The van der Waals surface area contributed by atoms with Gasteiger partial charge in [-0.15, -0.1) is 10.2 Å². The normalized spacial score (nSPS) is 10.2. The second kappa shape index (κ2) is 7.23. The molecule has 1 aromatic heterocycles. The molecule has 0 aliphatic carbocycles. The van der Waals surface area contributed by atoms with Gasteiger partial charge in [-0.05, 0) is 49.4 Å². The second-order valence-electron chi connectivity index (χ2n) is 5.26. The van der Waals surface area contributed by atoms with Crippen LogP contribution in [0.25, 0.3) is 0 Å². The van der Waals surface area contributed by atoms with E-state index in [1.54, 1.807) is 12.1 Å². The zero-order chi connectivity index (χ0) is 16.9. The molecule has 0 saturated heterocycles. The standard InChI is InChI=1S/C18H15BrN4O/c1-12-5-7-14(8-6-12)21-18(24)16-9-10-17(23-22-16)20-15-4-2-3-13(19)11-15/h2-11H,1H3,(H,20,23)(H,21,24). The average molecular weight is 383 g/mol. The number of carbonyl (C=O) groups is 1. The number of rotatable bonds is 4. The first kappa shape index (κ1) is 16.1. The Morgan fingerprint density at radius 2 is 1.75 bits per heavy atom. The van der Waals surface area contributed by atoms with E-state index < -0.39 is 0 Å². The van der Waals surface area contributed by atoms with E-state index in [-0.39, 0.29) is 11.6 Å². The molecule has 24 heavy (non-hydrogen) atoms. The number of hydrogen-bond donors (Lipinski definition) is 2. The van der Waals surface area contributed by atoms with Gasteiger partial charge in [0.05, 0.1) is 0 Å². The summed E-state index contributed by atoms with van der Waals surface area (Å²) in [5.41, 5.74) is 3.01. The van der Waals surface area contributed by atoms with Gasteiger partial charge in [0, 0.05) is 15.8 Å². The van der Waals surface area contributed by atoms with E-state index in [9.17, 15) is 4.79 Å². The van der Waals surface area contributed by atoms with Crippen LogP contribution in [0, 0.1) is 6.92 Å². The minimum Gasteiger partial charge on any atom is -0.339 e. The molecule has 0 aliphatic rings. The van der Waals surface area contributed by atoms with Crippen LogP contribution in [0.1, 0.15) is 16.1 Å². The molecule has 0 spiro atoms. The molecule has 6 heteroatoms. The Balaban J connectivity index is 1.67. The van der Waals surface area contributed by atoms with Crippen molar-refractivity contribution < 1.29 is 4.79 Å². The summed E-state index contributed by atoms with van der Waals surface area (Å²) in [5, 5.41) is 13.9. The van der Waals surface area contributed by atoms with Crippen LogP contribution < -0.4 is 10.6 Å². The van der Waals surface area contributed by atoms with E-state index in [1.807, 2.05) is 55.5 Å². The Labute approximate surface area is 148 Å². The van der Waals surface area contributed by atoms with Gasteiger partial charge < -0.3 is 10.6 Å². The maximum atomic E-state index is 12.2. The van der Waals surface area contributed by atoms with Crippen molar-refractivity contribution in [3.05, 3.63) is 76.4 Å². The minimum atomic E-state index is -0.291. The Bertz CT molecular complexity index is 848. The van der Waals surface area contributed by atoms with E-state index in [0.717, 1.165) is 21.4 Å². The van der Waals surface area contributed by atoms with Gasteiger partial charge in [0.15, 0.2) is 11.5 Å². The maximum absolute atomic E-state index is 12.2. The molecule has 0 aliphatic heterocycles. The molecule has 2 aromatic carbocycles. The molecule has 3 aromatic rings. The molecule has 0 fully saturated rings.